The summed E-state index contributed by atoms with van der Waals surface area (Å²) in [6.45, 7) is 3.94. The second kappa shape index (κ2) is 10.1. The maximum atomic E-state index is 15.3. The highest BCUT2D eigenvalue weighted by molar-refractivity contribution is 6.31. The Bertz CT molecular complexity index is 1590. The Balaban J connectivity index is 1.80. The van der Waals surface area contributed by atoms with Gasteiger partial charge in [-0.25, -0.2) is 14.4 Å². The maximum absolute atomic E-state index is 15.3. The molecular weight excluding hydrogens is 528 g/mol. The number of rotatable bonds is 6. The minimum atomic E-state index is -0.715. The van der Waals surface area contributed by atoms with Crippen LogP contribution in [-0.2, 0) is 6.42 Å². The number of methoxy groups -OCH3 is 1. The van der Waals surface area contributed by atoms with Gasteiger partial charge in [0.25, 0.3) is 5.91 Å². The number of hydrogen-bond donors (Lipinski definition) is 0. The monoisotopic (exact) mass is 549 g/mol. The number of carbonyl (C=O) groups excluding carboxylic acids is 1. The Morgan fingerprint density at radius 1 is 1.18 bits per heavy atom. The van der Waals surface area contributed by atoms with E-state index in [0.29, 0.717) is 33.5 Å². The van der Waals surface area contributed by atoms with E-state index >= 15 is 4.39 Å². The van der Waals surface area contributed by atoms with Crippen LogP contribution in [0.25, 0.3) is 11.4 Å². The normalized spacial score (nSPS) is 14.6. The number of benzene rings is 2. The van der Waals surface area contributed by atoms with E-state index in [2.05, 4.69) is 11.1 Å². The molecule has 0 saturated carbocycles. The van der Waals surface area contributed by atoms with Gasteiger partial charge >= 0.3 is 0 Å². The number of nitrogens with zero attached hydrogens (tertiary/aromatic N) is 5. The van der Waals surface area contributed by atoms with Crippen LogP contribution in [0, 0.1) is 17.1 Å². The molecule has 0 N–H and O–H groups in total. The lowest BCUT2D eigenvalue weighted by molar-refractivity contribution is 0.0988. The SMILES string of the molecule is COc1ncc(CC#N)cc1-c1nc2c(n1C(C)C)C(c1ccc(Cl)cc1)N(c1cccc(Cl)c1F)C2=O. The van der Waals surface area contributed by atoms with Gasteiger partial charge in [0.15, 0.2) is 11.5 Å². The molecule has 1 aliphatic rings. The molecule has 3 heterocycles. The number of amides is 1. The highest BCUT2D eigenvalue weighted by Gasteiger charge is 2.46. The second-order valence-electron chi connectivity index (χ2n) is 9.07. The Hall–Kier alpha value is -3.93. The van der Waals surface area contributed by atoms with E-state index in [1.165, 1.54) is 24.1 Å². The van der Waals surface area contributed by atoms with Gasteiger partial charge in [-0.3, -0.25) is 9.69 Å². The number of anilines is 1. The third-order valence-corrected chi connectivity index (χ3v) is 6.95. The molecule has 192 valence electrons. The van der Waals surface area contributed by atoms with Gasteiger partial charge in [-0.05, 0) is 55.3 Å². The minimum Gasteiger partial charge on any atom is -0.480 e. The van der Waals surface area contributed by atoms with Crippen LogP contribution < -0.4 is 9.64 Å². The van der Waals surface area contributed by atoms with Crippen LogP contribution >= 0.6 is 23.2 Å². The number of nitriles is 1. The van der Waals surface area contributed by atoms with Crippen molar-refractivity contribution in [2.45, 2.75) is 32.4 Å². The number of carbonyl (C=O) groups is 1. The molecule has 0 aliphatic carbocycles. The van der Waals surface area contributed by atoms with E-state index in [9.17, 15) is 10.1 Å². The van der Waals surface area contributed by atoms with Crippen molar-refractivity contribution < 1.29 is 13.9 Å². The van der Waals surface area contributed by atoms with Crippen LogP contribution in [0.4, 0.5) is 10.1 Å². The van der Waals surface area contributed by atoms with Crippen molar-refractivity contribution in [3.8, 4) is 23.3 Å². The molecule has 0 fully saturated rings. The van der Waals surface area contributed by atoms with Crippen LogP contribution in [0.1, 0.15) is 53.2 Å². The van der Waals surface area contributed by atoms with E-state index in [1.807, 2.05) is 18.4 Å². The fourth-order valence-corrected chi connectivity index (χ4v) is 5.11. The Morgan fingerprint density at radius 3 is 2.58 bits per heavy atom. The summed E-state index contributed by atoms with van der Waals surface area (Å²) in [5.41, 5.74) is 2.77. The van der Waals surface area contributed by atoms with Gasteiger partial charge in [-0.1, -0.05) is 41.4 Å². The summed E-state index contributed by atoms with van der Waals surface area (Å²) in [4.78, 5) is 24.5. The molecular formula is C28H22Cl2FN5O2. The number of imidazole rings is 1. The largest absolute Gasteiger partial charge is 0.480 e. The Morgan fingerprint density at radius 2 is 1.92 bits per heavy atom. The molecule has 38 heavy (non-hydrogen) atoms. The highest BCUT2D eigenvalue weighted by Crippen LogP contribution is 2.46. The van der Waals surface area contributed by atoms with Crippen molar-refractivity contribution in [1.82, 2.24) is 14.5 Å². The van der Waals surface area contributed by atoms with E-state index in [4.69, 9.17) is 32.9 Å². The maximum Gasteiger partial charge on any atom is 0.279 e. The quantitative estimate of drug-likeness (QED) is 0.264. The molecule has 2 aromatic heterocycles. The van der Waals surface area contributed by atoms with Crippen molar-refractivity contribution in [2.24, 2.45) is 0 Å². The molecule has 0 radical (unpaired) electrons. The summed E-state index contributed by atoms with van der Waals surface area (Å²) in [7, 11) is 1.50. The predicted molar refractivity (Wildman–Crippen MR) is 143 cm³/mol. The average Bonchev–Trinajstić information content (AvgIpc) is 3.42. The lowest BCUT2D eigenvalue weighted by Gasteiger charge is -2.29. The fraction of sp³-hybridized carbons (Fsp3) is 0.214. The molecule has 4 aromatic rings. The number of halogens is 3. The van der Waals surface area contributed by atoms with Crippen LogP contribution in [-0.4, -0.2) is 27.6 Å². The van der Waals surface area contributed by atoms with Crippen LogP contribution in [0.15, 0.2) is 54.7 Å². The Kier molecular flexibility index (Phi) is 6.82. The first-order valence-corrected chi connectivity index (χ1v) is 12.6. The zero-order valence-corrected chi connectivity index (χ0v) is 22.3. The molecule has 0 spiro atoms. The van der Waals surface area contributed by atoms with Crippen LogP contribution in [0.3, 0.4) is 0 Å². The van der Waals surface area contributed by atoms with Crippen molar-refractivity contribution >= 4 is 34.8 Å². The lowest BCUT2D eigenvalue weighted by Crippen LogP contribution is -2.31. The van der Waals surface area contributed by atoms with Crippen molar-refractivity contribution in [3.63, 3.8) is 0 Å². The number of fused-ring (bicyclic) bond motifs is 1. The summed E-state index contributed by atoms with van der Waals surface area (Å²) < 4.78 is 22.8. The van der Waals surface area contributed by atoms with Gasteiger partial charge < -0.3 is 9.30 Å². The van der Waals surface area contributed by atoms with Crippen LogP contribution in [0.5, 0.6) is 5.88 Å². The second-order valence-corrected chi connectivity index (χ2v) is 9.91. The molecule has 7 nitrogen and oxygen atoms in total. The summed E-state index contributed by atoms with van der Waals surface area (Å²) >= 11 is 12.3. The number of pyridine rings is 1. The fourth-order valence-electron chi connectivity index (χ4n) is 4.82. The van der Waals surface area contributed by atoms with Crippen LogP contribution in [0.2, 0.25) is 10.0 Å². The standard InChI is InChI=1S/C28H22Cl2FN5O2/c1-15(2)35-25-23(34-26(35)19-13-16(11-12-32)14-33-27(19)38-3)28(37)36(21-6-4-5-20(30)22(21)31)24(25)17-7-9-18(29)10-8-17/h4-10,13-15,24H,11H2,1-3H3. The summed E-state index contributed by atoms with van der Waals surface area (Å²) in [5.74, 6) is -0.391. The molecule has 1 atom stereocenters. The molecule has 0 bridgehead atoms. The first kappa shape index (κ1) is 25.7. The van der Waals surface area contributed by atoms with Crippen molar-refractivity contribution in [1.29, 1.82) is 5.26 Å². The molecule has 0 saturated heterocycles. The topological polar surface area (TPSA) is 84.0 Å². The van der Waals surface area contributed by atoms with Gasteiger partial charge in [0.05, 0.1) is 41.6 Å². The zero-order valence-electron chi connectivity index (χ0n) is 20.7. The van der Waals surface area contributed by atoms with E-state index in [1.54, 1.807) is 42.6 Å². The predicted octanol–water partition coefficient (Wildman–Crippen LogP) is 6.80. The number of aromatic nitrogens is 3. The van der Waals surface area contributed by atoms with Crippen molar-refractivity contribution in [2.75, 3.05) is 12.0 Å². The smallest absolute Gasteiger partial charge is 0.279 e. The highest BCUT2D eigenvalue weighted by atomic mass is 35.5. The minimum absolute atomic E-state index is 0.0487. The molecule has 1 amide bonds. The third kappa shape index (κ3) is 4.18. The van der Waals surface area contributed by atoms with E-state index in [0.717, 1.165) is 5.56 Å². The number of hydrogen-bond acceptors (Lipinski definition) is 5. The molecule has 5 rings (SSSR count). The van der Waals surface area contributed by atoms with Gasteiger partial charge in [-0.15, -0.1) is 0 Å². The van der Waals surface area contributed by atoms with Gasteiger partial charge in [-0.2, -0.15) is 5.26 Å². The molecule has 2 aromatic carbocycles. The average molecular weight is 550 g/mol. The molecule has 10 heteroatoms. The molecule has 1 unspecified atom stereocenters. The first-order chi connectivity index (χ1) is 18.3. The molecule has 1 aliphatic heterocycles. The van der Waals surface area contributed by atoms with Gasteiger partial charge in [0, 0.05) is 17.3 Å². The lowest BCUT2D eigenvalue weighted by atomic mass is 10.0. The van der Waals surface area contributed by atoms with Gasteiger partial charge in [0.2, 0.25) is 5.88 Å². The van der Waals surface area contributed by atoms with E-state index in [-0.39, 0.29) is 28.9 Å². The zero-order chi connectivity index (χ0) is 27.1. The summed E-state index contributed by atoms with van der Waals surface area (Å²) in [6.07, 6.45) is 1.73. The summed E-state index contributed by atoms with van der Waals surface area (Å²) in [6, 6.07) is 14.7. The Labute approximate surface area is 229 Å². The third-order valence-electron chi connectivity index (χ3n) is 6.40. The van der Waals surface area contributed by atoms with Gasteiger partial charge in [0.1, 0.15) is 11.9 Å². The van der Waals surface area contributed by atoms with Crippen molar-refractivity contribution in [3.05, 3.63) is 93.1 Å². The van der Waals surface area contributed by atoms with E-state index < -0.39 is 17.8 Å². The summed E-state index contributed by atoms with van der Waals surface area (Å²) in [5, 5.41) is 9.65. The number of ether oxygens (including phenoxy) is 1. The first-order valence-electron chi connectivity index (χ1n) is 11.8.